The number of hydrogen-bond donors (Lipinski definition) is 2. The van der Waals surface area contributed by atoms with Gasteiger partial charge in [-0.3, -0.25) is 4.79 Å². The van der Waals surface area contributed by atoms with Gasteiger partial charge in [-0.2, -0.15) is 0 Å². The molecule has 1 aromatic carbocycles. The van der Waals surface area contributed by atoms with Crippen LogP contribution >= 0.6 is 11.8 Å². The van der Waals surface area contributed by atoms with Gasteiger partial charge in [0, 0.05) is 10.1 Å². The second-order valence-electron chi connectivity index (χ2n) is 5.80. The molecule has 1 amide bonds. The summed E-state index contributed by atoms with van der Waals surface area (Å²) in [5, 5.41) is 12.3. The van der Waals surface area contributed by atoms with Crippen LogP contribution in [0, 0.1) is 6.92 Å². The minimum Gasteiger partial charge on any atom is -0.480 e. The summed E-state index contributed by atoms with van der Waals surface area (Å²) in [5.41, 5.74) is 1.60. The average molecular weight is 321 g/mol. The molecule has 1 unspecified atom stereocenters. The number of amides is 1. The van der Waals surface area contributed by atoms with Crippen molar-refractivity contribution in [2.24, 2.45) is 0 Å². The molecule has 0 radical (unpaired) electrons. The summed E-state index contributed by atoms with van der Waals surface area (Å²) < 4.78 is 0. The third-order valence-electron chi connectivity index (χ3n) is 3.99. The fourth-order valence-corrected chi connectivity index (χ4v) is 4.04. The van der Waals surface area contributed by atoms with Crippen molar-refractivity contribution in [1.29, 1.82) is 0 Å². The summed E-state index contributed by atoms with van der Waals surface area (Å²) in [6, 6.07) is 5.00. The predicted molar refractivity (Wildman–Crippen MR) is 88.5 cm³/mol. The van der Waals surface area contributed by atoms with Gasteiger partial charge >= 0.3 is 5.97 Å². The number of rotatable bonds is 6. The van der Waals surface area contributed by atoms with Crippen LogP contribution in [0.25, 0.3) is 0 Å². The molecule has 5 heteroatoms. The van der Waals surface area contributed by atoms with Crippen LogP contribution in [0.4, 0.5) is 0 Å². The van der Waals surface area contributed by atoms with Gasteiger partial charge in [-0.15, -0.1) is 11.8 Å². The molecule has 1 atom stereocenters. The third-order valence-corrected chi connectivity index (χ3v) is 5.40. The largest absolute Gasteiger partial charge is 0.480 e. The lowest BCUT2D eigenvalue weighted by Gasteiger charge is -2.16. The molecule has 1 aromatic rings. The SMILES string of the molecule is CCC(NC(=O)c1cc(C)ccc1SC1CCCC1)C(=O)O. The Morgan fingerprint density at radius 2 is 2.05 bits per heavy atom. The van der Waals surface area contributed by atoms with Gasteiger partial charge in [-0.25, -0.2) is 4.79 Å². The highest BCUT2D eigenvalue weighted by Crippen LogP contribution is 2.36. The number of aryl methyl sites for hydroxylation is 1. The number of carbonyl (C=O) groups excluding carboxylic acids is 1. The Labute approximate surface area is 135 Å². The van der Waals surface area contributed by atoms with Gasteiger partial charge in [0.25, 0.3) is 5.91 Å². The summed E-state index contributed by atoms with van der Waals surface area (Å²) in [4.78, 5) is 24.5. The highest BCUT2D eigenvalue weighted by atomic mass is 32.2. The van der Waals surface area contributed by atoms with Gasteiger partial charge in [0.1, 0.15) is 6.04 Å². The third kappa shape index (κ3) is 4.26. The number of carbonyl (C=O) groups is 2. The Kier molecular flexibility index (Phi) is 5.89. The fraction of sp³-hybridized carbons (Fsp3) is 0.529. The molecule has 2 N–H and O–H groups in total. The second kappa shape index (κ2) is 7.68. The normalized spacial score (nSPS) is 16.5. The van der Waals surface area contributed by atoms with E-state index in [1.807, 2.05) is 25.1 Å². The van der Waals surface area contributed by atoms with Crippen molar-refractivity contribution in [2.75, 3.05) is 0 Å². The Morgan fingerprint density at radius 3 is 2.64 bits per heavy atom. The average Bonchev–Trinajstić information content (AvgIpc) is 2.99. The van der Waals surface area contributed by atoms with Crippen molar-refractivity contribution in [3.8, 4) is 0 Å². The van der Waals surface area contributed by atoms with Crippen LogP contribution in [0.2, 0.25) is 0 Å². The first kappa shape index (κ1) is 16.9. The van der Waals surface area contributed by atoms with Crippen molar-refractivity contribution in [2.45, 2.75) is 62.1 Å². The molecule has 0 heterocycles. The number of aliphatic carboxylic acids is 1. The highest BCUT2D eigenvalue weighted by molar-refractivity contribution is 8.00. The maximum absolute atomic E-state index is 12.5. The number of carboxylic acid groups (broad SMARTS) is 1. The van der Waals surface area contributed by atoms with Crippen molar-refractivity contribution < 1.29 is 14.7 Å². The molecule has 2 rings (SSSR count). The maximum Gasteiger partial charge on any atom is 0.326 e. The Morgan fingerprint density at radius 1 is 1.36 bits per heavy atom. The molecule has 0 bridgehead atoms. The maximum atomic E-state index is 12.5. The number of benzene rings is 1. The number of carboxylic acids is 1. The van der Waals surface area contributed by atoms with Crippen LogP contribution in [0.5, 0.6) is 0 Å². The van der Waals surface area contributed by atoms with Gasteiger partial charge < -0.3 is 10.4 Å². The van der Waals surface area contributed by atoms with Gasteiger partial charge in [0.2, 0.25) is 0 Å². The van der Waals surface area contributed by atoms with Crippen molar-refractivity contribution in [3.05, 3.63) is 29.3 Å². The molecular weight excluding hydrogens is 298 g/mol. The second-order valence-corrected chi connectivity index (χ2v) is 7.14. The molecule has 0 saturated heterocycles. The summed E-state index contributed by atoms with van der Waals surface area (Å²) >= 11 is 1.75. The fourth-order valence-electron chi connectivity index (χ4n) is 2.68. The zero-order valence-corrected chi connectivity index (χ0v) is 13.9. The van der Waals surface area contributed by atoms with Gasteiger partial charge in [0.15, 0.2) is 0 Å². The first-order valence-corrected chi connectivity index (χ1v) is 8.70. The first-order valence-electron chi connectivity index (χ1n) is 7.82. The number of hydrogen-bond acceptors (Lipinski definition) is 3. The van der Waals surface area contributed by atoms with E-state index in [2.05, 4.69) is 5.32 Å². The Hall–Kier alpha value is -1.49. The molecular formula is C17H23NO3S. The van der Waals surface area contributed by atoms with Crippen molar-refractivity contribution in [3.63, 3.8) is 0 Å². The molecule has 1 aliphatic rings. The lowest BCUT2D eigenvalue weighted by Crippen LogP contribution is -2.40. The monoisotopic (exact) mass is 321 g/mol. The molecule has 22 heavy (non-hydrogen) atoms. The van der Waals surface area contributed by atoms with E-state index in [-0.39, 0.29) is 5.91 Å². The van der Waals surface area contributed by atoms with Gasteiger partial charge in [-0.1, -0.05) is 31.4 Å². The molecule has 1 aliphatic carbocycles. The van der Waals surface area contributed by atoms with Crippen LogP contribution in [0.1, 0.15) is 54.9 Å². The van der Waals surface area contributed by atoms with Crippen molar-refractivity contribution >= 4 is 23.6 Å². The van der Waals surface area contributed by atoms with E-state index in [9.17, 15) is 9.59 Å². The molecule has 1 fully saturated rings. The molecule has 0 spiro atoms. The van der Waals surface area contributed by atoms with Crippen LogP contribution < -0.4 is 5.32 Å². The van der Waals surface area contributed by atoms with Crippen LogP contribution in [-0.2, 0) is 4.79 Å². The van der Waals surface area contributed by atoms with Crippen molar-refractivity contribution in [1.82, 2.24) is 5.32 Å². The number of nitrogens with one attached hydrogen (secondary N) is 1. The van der Waals surface area contributed by atoms with Crippen LogP contribution in [0.3, 0.4) is 0 Å². The van der Waals surface area contributed by atoms with E-state index in [0.29, 0.717) is 17.2 Å². The topological polar surface area (TPSA) is 66.4 Å². The van der Waals surface area contributed by atoms with E-state index < -0.39 is 12.0 Å². The van der Waals surface area contributed by atoms with E-state index in [1.54, 1.807) is 18.7 Å². The lowest BCUT2D eigenvalue weighted by molar-refractivity contribution is -0.139. The van der Waals surface area contributed by atoms with E-state index in [0.717, 1.165) is 10.5 Å². The highest BCUT2D eigenvalue weighted by Gasteiger charge is 2.23. The standard InChI is InChI=1S/C17H23NO3S/c1-3-14(17(20)21)18-16(19)13-10-11(2)8-9-15(13)22-12-6-4-5-7-12/h8-10,12,14H,3-7H2,1-2H3,(H,18,19)(H,20,21). The summed E-state index contributed by atoms with van der Waals surface area (Å²) in [6.07, 6.45) is 5.25. The van der Waals surface area contributed by atoms with Crippen LogP contribution in [0.15, 0.2) is 23.1 Å². The Balaban J connectivity index is 2.18. The zero-order chi connectivity index (χ0) is 16.1. The quantitative estimate of drug-likeness (QED) is 0.840. The van der Waals surface area contributed by atoms with E-state index >= 15 is 0 Å². The molecule has 0 aliphatic heterocycles. The van der Waals surface area contributed by atoms with Gasteiger partial charge in [-0.05, 0) is 38.3 Å². The molecule has 1 saturated carbocycles. The van der Waals surface area contributed by atoms with E-state index in [4.69, 9.17) is 5.11 Å². The Bertz CT molecular complexity index is 553. The summed E-state index contributed by atoms with van der Waals surface area (Å²) in [6.45, 7) is 3.69. The lowest BCUT2D eigenvalue weighted by atomic mass is 10.1. The number of thioether (sulfide) groups is 1. The first-order chi connectivity index (χ1) is 10.5. The predicted octanol–water partition coefficient (Wildman–Crippen LogP) is 3.62. The summed E-state index contributed by atoms with van der Waals surface area (Å²) in [5.74, 6) is -1.29. The molecule has 4 nitrogen and oxygen atoms in total. The van der Waals surface area contributed by atoms with Crippen LogP contribution in [-0.4, -0.2) is 28.3 Å². The van der Waals surface area contributed by atoms with Gasteiger partial charge in [0.05, 0.1) is 5.56 Å². The zero-order valence-electron chi connectivity index (χ0n) is 13.1. The minimum atomic E-state index is -0.992. The smallest absolute Gasteiger partial charge is 0.326 e. The molecule has 120 valence electrons. The summed E-state index contributed by atoms with van der Waals surface area (Å²) in [7, 11) is 0. The minimum absolute atomic E-state index is 0.293. The molecule has 0 aromatic heterocycles. The van der Waals surface area contributed by atoms with E-state index in [1.165, 1.54) is 25.7 Å².